The van der Waals surface area contributed by atoms with Crippen molar-refractivity contribution in [3.8, 4) is 6.07 Å². The number of benzene rings is 3. The number of hydrogen-bond acceptors (Lipinski definition) is 6. The molecule has 2 amide bonds. The summed E-state index contributed by atoms with van der Waals surface area (Å²) >= 11 is 1.25. The van der Waals surface area contributed by atoms with Crippen LogP contribution in [0.4, 0.5) is 11.4 Å². The van der Waals surface area contributed by atoms with E-state index in [1.54, 1.807) is 12.1 Å². The standard InChI is InChI=1S/C24H15N3O4S/c25-14-16-6-10-19(11-7-16)26-23(28)21(18-8-12-20(13-9-18)27(30)31)22(24(26)29)32-15-17-4-2-1-3-5-17/h1-13H,15H2. The van der Waals surface area contributed by atoms with Crippen LogP contribution in [0.15, 0.2) is 83.8 Å². The number of non-ortho nitro benzene ring substituents is 1. The molecule has 0 spiro atoms. The van der Waals surface area contributed by atoms with Crippen molar-refractivity contribution in [2.75, 3.05) is 4.90 Å². The van der Waals surface area contributed by atoms with Crippen molar-refractivity contribution in [1.82, 2.24) is 0 Å². The Morgan fingerprint density at radius 3 is 2.16 bits per heavy atom. The Labute approximate surface area is 187 Å². The second kappa shape index (κ2) is 8.88. The van der Waals surface area contributed by atoms with Crippen molar-refractivity contribution in [3.05, 3.63) is 111 Å². The molecule has 0 aromatic heterocycles. The summed E-state index contributed by atoms with van der Waals surface area (Å²) in [6.45, 7) is 0. The number of thioether (sulfide) groups is 1. The summed E-state index contributed by atoms with van der Waals surface area (Å²) in [5.41, 5.74) is 2.29. The van der Waals surface area contributed by atoms with E-state index in [0.717, 1.165) is 10.5 Å². The molecule has 0 saturated heterocycles. The van der Waals surface area contributed by atoms with Crippen LogP contribution in [-0.2, 0) is 15.3 Å². The van der Waals surface area contributed by atoms with Crippen molar-refractivity contribution >= 4 is 40.5 Å². The number of nitro groups is 1. The fourth-order valence-electron chi connectivity index (χ4n) is 3.30. The van der Waals surface area contributed by atoms with E-state index in [1.165, 1.54) is 48.2 Å². The maximum absolute atomic E-state index is 13.3. The minimum atomic E-state index is -0.520. The van der Waals surface area contributed by atoms with Crippen LogP contribution in [-0.4, -0.2) is 16.7 Å². The molecular weight excluding hydrogens is 426 g/mol. The van der Waals surface area contributed by atoms with Crippen LogP contribution >= 0.6 is 11.8 Å². The van der Waals surface area contributed by atoms with Gasteiger partial charge in [0.2, 0.25) is 0 Å². The van der Waals surface area contributed by atoms with Gasteiger partial charge in [-0.25, -0.2) is 4.90 Å². The molecule has 0 bridgehead atoms. The zero-order valence-corrected chi connectivity index (χ0v) is 17.4. The molecule has 0 atom stereocenters. The van der Waals surface area contributed by atoms with Gasteiger partial charge in [0.15, 0.2) is 0 Å². The smallest absolute Gasteiger partial charge is 0.268 e. The van der Waals surface area contributed by atoms with Gasteiger partial charge in [0.05, 0.1) is 32.7 Å². The highest BCUT2D eigenvalue weighted by molar-refractivity contribution is 8.03. The maximum Gasteiger partial charge on any atom is 0.272 e. The van der Waals surface area contributed by atoms with Gasteiger partial charge in [0.1, 0.15) is 0 Å². The molecule has 32 heavy (non-hydrogen) atoms. The van der Waals surface area contributed by atoms with E-state index in [0.29, 0.717) is 22.6 Å². The number of rotatable bonds is 6. The van der Waals surface area contributed by atoms with Gasteiger partial charge < -0.3 is 0 Å². The van der Waals surface area contributed by atoms with Crippen LogP contribution in [0.1, 0.15) is 16.7 Å². The second-order valence-electron chi connectivity index (χ2n) is 6.89. The molecule has 156 valence electrons. The van der Waals surface area contributed by atoms with Crippen LogP contribution in [0.2, 0.25) is 0 Å². The number of anilines is 1. The molecule has 0 radical (unpaired) electrons. The van der Waals surface area contributed by atoms with Gasteiger partial charge in [0.25, 0.3) is 17.5 Å². The monoisotopic (exact) mass is 441 g/mol. The Morgan fingerprint density at radius 2 is 1.56 bits per heavy atom. The highest BCUT2D eigenvalue weighted by Gasteiger charge is 2.40. The number of amides is 2. The predicted octanol–water partition coefficient (Wildman–Crippen LogP) is 4.68. The Morgan fingerprint density at radius 1 is 0.906 bits per heavy atom. The van der Waals surface area contributed by atoms with Crippen LogP contribution in [0, 0.1) is 21.4 Å². The zero-order chi connectivity index (χ0) is 22.7. The van der Waals surface area contributed by atoms with E-state index < -0.39 is 16.7 Å². The summed E-state index contributed by atoms with van der Waals surface area (Å²) in [6, 6.07) is 23.3. The number of carbonyl (C=O) groups excluding carboxylic acids is 2. The highest BCUT2D eigenvalue weighted by Crippen LogP contribution is 2.40. The fourth-order valence-corrected chi connectivity index (χ4v) is 4.36. The van der Waals surface area contributed by atoms with Gasteiger partial charge in [0, 0.05) is 17.9 Å². The molecule has 0 unspecified atom stereocenters. The van der Waals surface area contributed by atoms with Gasteiger partial charge in [-0.15, -0.1) is 11.8 Å². The molecule has 0 N–H and O–H groups in total. The Bertz CT molecular complexity index is 1280. The van der Waals surface area contributed by atoms with Crippen LogP contribution in [0.25, 0.3) is 5.57 Å². The van der Waals surface area contributed by atoms with Crippen molar-refractivity contribution in [3.63, 3.8) is 0 Å². The Kier molecular flexibility index (Phi) is 5.83. The van der Waals surface area contributed by atoms with E-state index in [-0.39, 0.29) is 16.2 Å². The molecule has 0 fully saturated rings. The van der Waals surface area contributed by atoms with Gasteiger partial charge in [-0.2, -0.15) is 5.26 Å². The van der Waals surface area contributed by atoms with Gasteiger partial charge in [-0.05, 0) is 47.5 Å². The van der Waals surface area contributed by atoms with Crippen LogP contribution < -0.4 is 4.90 Å². The van der Waals surface area contributed by atoms with Crippen molar-refractivity contribution < 1.29 is 14.5 Å². The summed E-state index contributed by atoms with van der Waals surface area (Å²) in [7, 11) is 0. The minimum absolute atomic E-state index is 0.103. The largest absolute Gasteiger partial charge is 0.272 e. The number of imide groups is 1. The molecular formula is C24H15N3O4S. The van der Waals surface area contributed by atoms with Crippen molar-refractivity contribution in [2.24, 2.45) is 0 Å². The first kappa shape index (κ1) is 21.0. The topological polar surface area (TPSA) is 104 Å². The average Bonchev–Trinajstić information content (AvgIpc) is 3.07. The van der Waals surface area contributed by atoms with Gasteiger partial charge in [-0.3, -0.25) is 19.7 Å². The maximum atomic E-state index is 13.3. The average molecular weight is 441 g/mol. The summed E-state index contributed by atoms with van der Waals surface area (Å²) in [6.07, 6.45) is 0. The first-order chi connectivity index (χ1) is 15.5. The molecule has 1 aliphatic rings. The van der Waals surface area contributed by atoms with E-state index >= 15 is 0 Å². The lowest BCUT2D eigenvalue weighted by molar-refractivity contribution is -0.384. The number of nitro benzene ring substituents is 1. The van der Waals surface area contributed by atoms with Gasteiger partial charge >= 0.3 is 0 Å². The van der Waals surface area contributed by atoms with E-state index in [9.17, 15) is 19.7 Å². The normalized spacial score (nSPS) is 13.4. The molecule has 3 aromatic carbocycles. The molecule has 0 aliphatic carbocycles. The van der Waals surface area contributed by atoms with E-state index in [2.05, 4.69) is 0 Å². The molecule has 7 nitrogen and oxygen atoms in total. The highest BCUT2D eigenvalue weighted by atomic mass is 32.2. The molecule has 8 heteroatoms. The van der Waals surface area contributed by atoms with Crippen LogP contribution in [0.5, 0.6) is 0 Å². The molecule has 1 heterocycles. The third-order valence-corrected chi connectivity index (χ3v) is 6.03. The number of carbonyl (C=O) groups is 2. The molecule has 3 aromatic rings. The van der Waals surface area contributed by atoms with Crippen LogP contribution in [0.3, 0.4) is 0 Å². The van der Waals surface area contributed by atoms with Crippen molar-refractivity contribution in [1.29, 1.82) is 5.26 Å². The summed E-state index contributed by atoms with van der Waals surface area (Å²) < 4.78 is 0. The fraction of sp³-hybridized carbons (Fsp3) is 0.0417. The Balaban J connectivity index is 1.74. The zero-order valence-electron chi connectivity index (χ0n) is 16.6. The van der Waals surface area contributed by atoms with Gasteiger partial charge in [-0.1, -0.05) is 30.3 Å². The molecule has 1 aliphatic heterocycles. The summed E-state index contributed by atoms with van der Waals surface area (Å²) in [4.78, 5) is 38.5. The predicted molar refractivity (Wildman–Crippen MR) is 121 cm³/mol. The minimum Gasteiger partial charge on any atom is -0.268 e. The lowest BCUT2D eigenvalue weighted by Crippen LogP contribution is -2.31. The first-order valence-corrected chi connectivity index (χ1v) is 10.5. The second-order valence-corrected chi connectivity index (χ2v) is 7.87. The number of hydrogen-bond donors (Lipinski definition) is 0. The summed E-state index contributed by atoms with van der Waals surface area (Å²) in [5.74, 6) is -0.495. The number of nitriles is 1. The third kappa shape index (κ3) is 4.02. The quantitative estimate of drug-likeness (QED) is 0.312. The SMILES string of the molecule is N#Cc1ccc(N2C(=O)C(SCc3ccccc3)=C(c3ccc([N+](=O)[O-])cc3)C2=O)cc1. The number of nitrogens with zero attached hydrogens (tertiary/aromatic N) is 3. The van der Waals surface area contributed by atoms with E-state index in [4.69, 9.17) is 5.26 Å². The molecule has 4 rings (SSSR count). The Hall–Kier alpha value is -4.22. The molecule has 0 saturated carbocycles. The lowest BCUT2D eigenvalue weighted by Gasteiger charge is -2.15. The van der Waals surface area contributed by atoms with Crippen molar-refractivity contribution in [2.45, 2.75) is 5.75 Å². The first-order valence-electron chi connectivity index (χ1n) is 9.54. The third-order valence-electron chi connectivity index (χ3n) is 4.89. The lowest BCUT2D eigenvalue weighted by atomic mass is 10.1. The summed E-state index contributed by atoms with van der Waals surface area (Å²) in [5, 5.41) is 20.0. The van der Waals surface area contributed by atoms with E-state index in [1.807, 2.05) is 36.4 Å².